The summed E-state index contributed by atoms with van der Waals surface area (Å²) in [6, 6.07) is 17.5. The van der Waals surface area contributed by atoms with Crippen molar-refractivity contribution in [1.82, 2.24) is 24.7 Å². The van der Waals surface area contributed by atoms with E-state index >= 15 is 0 Å². The number of nitrogens with one attached hydrogen (secondary N) is 2. The molecule has 10 heteroatoms. The summed E-state index contributed by atoms with van der Waals surface area (Å²) in [5.74, 6) is 1.17. The third kappa shape index (κ3) is 7.62. The summed E-state index contributed by atoms with van der Waals surface area (Å²) >= 11 is 0. The highest BCUT2D eigenvalue weighted by Gasteiger charge is 2.25. The number of ether oxygens (including phenoxy) is 1. The van der Waals surface area contributed by atoms with E-state index in [-0.39, 0.29) is 29.3 Å². The molecular formula is C36H43N7O3. The molecule has 0 atom stereocenters. The lowest BCUT2D eigenvalue weighted by molar-refractivity contribution is 0.256. The van der Waals surface area contributed by atoms with Gasteiger partial charge in [0.1, 0.15) is 29.7 Å². The molecule has 2 aromatic carbocycles. The van der Waals surface area contributed by atoms with E-state index in [1.54, 1.807) is 28.2 Å². The van der Waals surface area contributed by atoms with Gasteiger partial charge in [0.05, 0.1) is 6.61 Å². The Morgan fingerprint density at radius 2 is 1.74 bits per heavy atom. The Hall–Kier alpha value is -4.99. The molecule has 0 bridgehead atoms. The average molecular weight is 622 g/mol. The molecule has 240 valence electrons. The maximum Gasteiger partial charge on any atom is 0.326 e. The topological polar surface area (TPSA) is 118 Å². The number of hydrogen-bond donors (Lipinski definition) is 2. The molecule has 0 unspecified atom stereocenters. The zero-order valence-electron chi connectivity index (χ0n) is 27.4. The normalized spacial score (nSPS) is 11.5. The average Bonchev–Trinajstić information content (AvgIpc) is 3.55. The summed E-state index contributed by atoms with van der Waals surface area (Å²) < 4.78 is 7.87. The number of fused-ring (bicyclic) bond motifs is 1. The van der Waals surface area contributed by atoms with E-state index in [0.29, 0.717) is 24.5 Å². The minimum atomic E-state index is -0.356. The van der Waals surface area contributed by atoms with Gasteiger partial charge in [-0.05, 0) is 82.5 Å². The number of anilines is 2. The minimum absolute atomic E-state index is 0.123. The number of benzene rings is 2. The summed E-state index contributed by atoms with van der Waals surface area (Å²) in [5, 5.41) is 8.14. The maximum atomic E-state index is 14.1. The molecular weight excluding hydrogens is 578 g/mol. The van der Waals surface area contributed by atoms with Crippen molar-refractivity contribution in [2.45, 2.75) is 66.3 Å². The van der Waals surface area contributed by atoms with Gasteiger partial charge in [0.25, 0.3) is 5.56 Å². The zero-order valence-corrected chi connectivity index (χ0v) is 27.4. The van der Waals surface area contributed by atoms with E-state index in [9.17, 15) is 9.59 Å². The quantitative estimate of drug-likeness (QED) is 0.139. The first kappa shape index (κ1) is 32.4. The molecule has 0 aliphatic rings. The molecule has 5 rings (SSSR count). The number of urea groups is 1. The Kier molecular flexibility index (Phi) is 10.1. The van der Waals surface area contributed by atoms with Crippen LogP contribution in [0.25, 0.3) is 22.2 Å². The largest absolute Gasteiger partial charge is 0.494 e. The van der Waals surface area contributed by atoms with Gasteiger partial charge in [0, 0.05) is 36.8 Å². The number of aromatic amines is 1. The van der Waals surface area contributed by atoms with Crippen LogP contribution in [0.3, 0.4) is 0 Å². The van der Waals surface area contributed by atoms with E-state index in [4.69, 9.17) is 4.74 Å². The van der Waals surface area contributed by atoms with Crippen LogP contribution in [0.15, 0.2) is 78.2 Å². The molecule has 0 radical (unpaired) electrons. The number of H-pyrrole nitrogens is 1. The first-order chi connectivity index (χ1) is 22.1. The number of aromatic nitrogens is 5. The van der Waals surface area contributed by atoms with Crippen LogP contribution in [0, 0.1) is 5.92 Å². The predicted molar refractivity (Wildman–Crippen MR) is 184 cm³/mol. The molecule has 0 saturated carbocycles. The lowest BCUT2D eigenvalue weighted by Gasteiger charge is -2.28. The summed E-state index contributed by atoms with van der Waals surface area (Å²) in [6.45, 7) is 14.2. The Bertz CT molecular complexity index is 1820. The van der Waals surface area contributed by atoms with Gasteiger partial charge in [-0.25, -0.2) is 14.8 Å². The number of pyridine rings is 2. The number of amides is 2. The van der Waals surface area contributed by atoms with Crippen LogP contribution in [-0.2, 0) is 6.54 Å². The number of rotatable bonds is 12. The van der Waals surface area contributed by atoms with E-state index in [1.165, 1.54) is 6.33 Å². The molecule has 5 aromatic rings. The van der Waals surface area contributed by atoms with Gasteiger partial charge in [-0.15, -0.1) is 0 Å². The van der Waals surface area contributed by atoms with Gasteiger partial charge in [-0.3, -0.25) is 14.4 Å². The second-order valence-electron chi connectivity index (χ2n) is 12.6. The zero-order chi connectivity index (χ0) is 32.8. The Labute approximate surface area is 269 Å². The van der Waals surface area contributed by atoms with Crippen LogP contribution in [0.1, 0.15) is 70.9 Å². The third-order valence-corrected chi connectivity index (χ3v) is 7.79. The smallest absolute Gasteiger partial charge is 0.326 e. The highest BCUT2D eigenvalue weighted by atomic mass is 16.5. The van der Waals surface area contributed by atoms with Crippen LogP contribution in [0.4, 0.5) is 16.2 Å². The van der Waals surface area contributed by atoms with Crippen LogP contribution in [0.5, 0.6) is 5.75 Å². The second kappa shape index (κ2) is 14.4. The molecule has 2 N–H and O–H groups in total. The Balaban J connectivity index is 1.45. The molecule has 0 spiro atoms. The standard InChI is InChI=1S/C36H43N7O3/c1-23(2)20-43(32-19-27-11-8-13-38-34(27)41-35(32)44)36(45)40-33-30(24(3)4)17-28(18-31(33)25(5)6)26-10-7-12-29(16-26)46-15-9-14-42-22-37-21-39-42/h7-8,10-13,16-19,21-25H,9,14-15,20H2,1-6H3,(H,40,45)(H,38,41,44). The van der Waals surface area contributed by atoms with Crippen molar-refractivity contribution < 1.29 is 9.53 Å². The first-order valence-corrected chi connectivity index (χ1v) is 15.9. The molecule has 0 saturated heterocycles. The number of carbonyl (C=O) groups excluding carboxylic acids is 1. The van der Waals surface area contributed by atoms with Gasteiger partial charge < -0.3 is 15.0 Å². The Morgan fingerprint density at radius 3 is 2.41 bits per heavy atom. The highest BCUT2D eigenvalue weighted by Crippen LogP contribution is 2.38. The lowest BCUT2D eigenvalue weighted by atomic mass is 9.88. The van der Waals surface area contributed by atoms with Gasteiger partial charge in [0.2, 0.25) is 0 Å². The molecule has 10 nitrogen and oxygen atoms in total. The van der Waals surface area contributed by atoms with Crippen molar-refractivity contribution in [2.75, 3.05) is 23.4 Å². The lowest BCUT2D eigenvalue weighted by Crippen LogP contribution is -2.41. The highest BCUT2D eigenvalue weighted by molar-refractivity contribution is 6.03. The van der Waals surface area contributed by atoms with Crippen LogP contribution in [0.2, 0.25) is 0 Å². The third-order valence-electron chi connectivity index (χ3n) is 7.79. The maximum absolute atomic E-state index is 14.1. The van der Waals surface area contributed by atoms with Crippen LogP contribution < -0.4 is 20.5 Å². The van der Waals surface area contributed by atoms with Crippen LogP contribution in [-0.4, -0.2) is 43.9 Å². The van der Waals surface area contributed by atoms with Crippen molar-refractivity contribution >= 4 is 28.4 Å². The molecule has 3 aromatic heterocycles. The molecule has 0 fully saturated rings. The number of aryl methyl sites for hydroxylation is 1. The van der Waals surface area contributed by atoms with E-state index in [0.717, 1.165) is 52.0 Å². The van der Waals surface area contributed by atoms with Crippen molar-refractivity contribution in [3.05, 3.63) is 94.9 Å². The van der Waals surface area contributed by atoms with Crippen molar-refractivity contribution in [3.8, 4) is 16.9 Å². The fourth-order valence-electron chi connectivity index (χ4n) is 5.49. The van der Waals surface area contributed by atoms with Gasteiger partial charge >= 0.3 is 6.03 Å². The molecule has 2 amide bonds. The van der Waals surface area contributed by atoms with Gasteiger partial charge in [0.15, 0.2) is 0 Å². The summed E-state index contributed by atoms with van der Waals surface area (Å²) in [4.78, 5) is 39.9. The molecule has 0 aliphatic carbocycles. The van der Waals surface area contributed by atoms with Crippen LogP contribution >= 0.6 is 0 Å². The fourth-order valence-corrected chi connectivity index (χ4v) is 5.49. The number of carbonyl (C=O) groups is 1. The molecule has 0 aliphatic heterocycles. The van der Waals surface area contributed by atoms with Gasteiger partial charge in [-0.2, -0.15) is 5.10 Å². The summed E-state index contributed by atoms with van der Waals surface area (Å²) in [7, 11) is 0. The minimum Gasteiger partial charge on any atom is -0.494 e. The van der Waals surface area contributed by atoms with Crippen molar-refractivity contribution in [2.24, 2.45) is 5.92 Å². The van der Waals surface area contributed by atoms with Crippen molar-refractivity contribution in [1.29, 1.82) is 0 Å². The molecule has 3 heterocycles. The predicted octanol–water partition coefficient (Wildman–Crippen LogP) is 7.59. The number of nitrogens with zero attached hydrogens (tertiary/aromatic N) is 5. The SMILES string of the molecule is CC(C)CN(C(=O)Nc1c(C(C)C)cc(-c2cccc(OCCCn3cncn3)c2)cc1C(C)C)c1cc2cccnc2[nH]c1=O. The van der Waals surface area contributed by atoms with E-state index < -0.39 is 0 Å². The van der Waals surface area contributed by atoms with E-state index in [1.807, 2.05) is 38.1 Å². The summed E-state index contributed by atoms with van der Waals surface area (Å²) in [5.41, 5.74) is 5.34. The monoisotopic (exact) mass is 621 g/mol. The van der Waals surface area contributed by atoms with E-state index in [2.05, 4.69) is 77.3 Å². The van der Waals surface area contributed by atoms with Crippen molar-refractivity contribution in [3.63, 3.8) is 0 Å². The first-order valence-electron chi connectivity index (χ1n) is 15.9. The molecule has 46 heavy (non-hydrogen) atoms. The second-order valence-corrected chi connectivity index (χ2v) is 12.6. The summed E-state index contributed by atoms with van der Waals surface area (Å²) in [6.07, 6.45) is 5.68. The fraction of sp³-hybridized carbons (Fsp3) is 0.361. The Morgan fingerprint density at radius 1 is 0.978 bits per heavy atom. The number of hydrogen-bond acceptors (Lipinski definition) is 6. The van der Waals surface area contributed by atoms with Gasteiger partial charge in [-0.1, -0.05) is 53.7 Å².